The Kier molecular flexibility index (Phi) is 5.29. The van der Waals surface area contributed by atoms with Crippen molar-refractivity contribution in [3.05, 3.63) is 52.3 Å². The lowest BCUT2D eigenvalue weighted by molar-refractivity contribution is 0.0788. The molecule has 0 unspecified atom stereocenters. The molecule has 6 nitrogen and oxygen atoms in total. The van der Waals surface area contributed by atoms with Gasteiger partial charge in [-0.15, -0.1) is 0 Å². The molecule has 2 aromatic rings. The number of amides is 1. The lowest BCUT2D eigenvalue weighted by Gasteiger charge is -2.26. The highest BCUT2D eigenvalue weighted by molar-refractivity contribution is 7.89. The van der Waals surface area contributed by atoms with Crippen molar-refractivity contribution < 1.29 is 13.2 Å². The van der Waals surface area contributed by atoms with E-state index in [9.17, 15) is 13.2 Å². The molecule has 1 aliphatic heterocycles. The maximum Gasteiger partial charge on any atom is 0.257 e. The summed E-state index contributed by atoms with van der Waals surface area (Å²) < 4.78 is 31.8. The van der Waals surface area contributed by atoms with Crippen molar-refractivity contribution in [1.29, 1.82) is 0 Å². The third-order valence-electron chi connectivity index (χ3n) is 6.47. The SMILES string of the molecule is Cc1c(C(=O)N2CCCC2)c(S(=O)(=O)N[C@@H]2CCCc3ccccc32)c(C)n1C. The second-order valence-corrected chi connectivity index (χ2v) is 9.85. The van der Waals surface area contributed by atoms with E-state index in [1.165, 1.54) is 5.56 Å². The van der Waals surface area contributed by atoms with Gasteiger partial charge >= 0.3 is 0 Å². The molecule has 1 atom stereocenters. The Labute approximate surface area is 173 Å². The maximum atomic E-state index is 13.5. The second kappa shape index (κ2) is 7.61. The fourth-order valence-electron chi connectivity index (χ4n) is 4.70. The van der Waals surface area contributed by atoms with Gasteiger partial charge in [0.25, 0.3) is 5.91 Å². The van der Waals surface area contributed by atoms with E-state index in [2.05, 4.69) is 10.8 Å². The summed E-state index contributed by atoms with van der Waals surface area (Å²) in [5.41, 5.74) is 3.86. The van der Waals surface area contributed by atoms with Crippen LogP contribution in [0.4, 0.5) is 0 Å². The van der Waals surface area contributed by atoms with E-state index in [0.29, 0.717) is 30.0 Å². The molecule has 1 aliphatic carbocycles. The first-order chi connectivity index (χ1) is 13.8. The molecule has 1 aromatic carbocycles. The molecule has 0 bridgehead atoms. The van der Waals surface area contributed by atoms with Crippen molar-refractivity contribution in [2.45, 2.75) is 56.9 Å². The molecular weight excluding hydrogens is 386 g/mol. The van der Waals surface area contributed by atoms with Crippen LogP contribution < -0.4 is 4.72 Å². The average molecular weight is 416 g/mol. The van der Waals surface area contributed by atoms with Crippen LogP contribution in [-0.2, 0) is 23.5 Å². The van der Waals surface area contributed by atoms with Crippen LogP contribution >= 0.6 is 0 Å². The monoisotopic (exact) mass is 415 g/mol. The van der Waals surface area contributed by atoms with Crippen LogP contribution in [0.1, 0.15) is 64.6 Å². The molecule has 0 spiro atoms. The van der Waals surface area contributed by atoms with Gasteiger partial charge in [0.05, 0.1) is 5.56 Å². The molecule has 1 aromatic heterocycles. The Morgan fingerprint density at radius 1 is 1.07 bits per heavy atom. The number of carbonyl (C=O) groups is 1. The van der Waals surface area contributed by atoms with E-state index in [1.54, 1.807) is 11.8 Å². The van der Waals surface area contributed by atoms with Crippen LogP contribution in [0.5, 0.6) is 0 Å². The zero-order valence-corrected chi connectivity index (χ0v) is 18.2. The summed E-state index contributed by atoms with van der Waals surface area (Å²) in [5.74, 6) is -0.173. The summed E-state index contributed by atoms with van der Waals surface area (Å²) in [6.45, 7) is 4.98. The van der Waals surface area contributed by atoms with E-state index in [0.717, 1.165) is 37.7 Å². The molecule has 0 saturated carbocycles. The number of hydrogen-bond donors (Lipinski definition) is 1. The topological polar surface area (TPSA) is 71.4 Å². The standard InChI is InChI=1S/C22H29N3O3S/c1-15-20(22(26)25-13-6-7-14-25)21(16(2)24(15)3)29(27,28)23-19-12-8-10-17-9-4-5-11-18(17)19/h4-5,9,11,19,23H,6-8,10,12-14H2,1-3H3/t19-/m1/s1. The van der Waals surface area contributed by atoms with Gasteiger partial charge in [-0.1, -0.05) is 24.3 Å². The normalized spacial score (nSPS) is 19.4. The van der Waals surface area contributed by atoms with Crippen molar-refractivity contribution in [3.8, 4) is 0 Å². The number of fused-ring (bicyclic) bond motifs is 1. The molecule has 2 aliphatic rings. The summed E-state index contributed by atoms with van der Waals surface area (Å²) in [6, 6.07) is 7.75. The summed E-state index contributed by atoms with van der Waals surface area (Å²) in [7, 11) is -2.04. The average Bonchev–Trinajstić information content (AvgIpc) is 3.31. The number of hydrogen-bond acceptors (Lipinski definition) is 3. The Bertz CT molecular complexity index is 1050. The van der Waals surface area contributed by atoms with Crippen LogP contribution in [-0.4, -0.2) is 36.9 Å². The number of carbonyl (C=O) groups excluding carboxylic acids is 1. The molecule has 1 saturated heterocycles. The van der Waals surface area contributed by atoms with E-state index < -0.39 is 10.0 Å². The van der Waals surface area contributed by atoms with Gasteiger partial charge in [-0.05, 0) is 57.1 Å². The van der Waals surface area contributed by atoms with Crippen molar-refractivity contribution >= 4 is 15.9 Å². The first-order valence-corrected chi connectivity index (χ1v) is 11.8. The molecule has 0 radical (unpaired) electrons. The summed E-state index contributed by atoms with van der Waals surface area (Å²) in [4.78, 5) is 15.1. The largest absolute Gasteiger partial charge is 0.350 e. The fraction of sp³-hybridized carbons (Fsp3) is 0.500. The zero-order valence-electron chi connectivity index (χ0n) is 17.4. The number of aromatic nitrogens is 1. The molecular formula is C22H29N3O3S. The van der Waals surface area contributed by atoms with Gasteiger partial charge in [0.1, 0.15) is 4.90 Å². The van der Waals surface area contributed by atoms with Gasteiger partial charge in [-0.25, -0.2) is 13.1 Å². The lowest BCUT2D eigenvalue weighted by Crippen LogP contribution is -2.34. The number of benzene rings is 1. The van der Waals surface area contributed by atoms with Crippen molar-refractivity contribution in [2.24, 2.45) is 7.05 Å². The summed E-state index contributed by atoms with van der Waals surface area (Å²) in [5, 5.41) is 0. The third kappa shape index (κ3) is 3.51. The van der Waals surface area contributed by atoms with Crippen LogP contribution in [0.25, 0.3) is 0 Å². The molecule has 2 heterocycles. The minimum Gasteiger partial charge on any atom is -0.350 e. The Morgan fingerprint density at radius 2 is 1.76 bits per heavy atom. The third-order valence-corrected chi connectivity index (χ3v) is 8.10. The number of aryl methyl sites for hydroxylation is 1. The zero-order chi connectivity index (χ0) is 20.8. The molecule has 7 heteroatoms. The first-order valence-electron chi connectivity index (χ1n) is 10.4. The molecule has 1 fully saturated rings. The van der Waals surface area contributed by atoms with Crippen molar-refractivity contribution in [3.63, 3.8) is 0 Å². The second-order valence-electron chi connectivity index (χ2n) is 8.20. The maximum absolute atomic E-state index is 13.5. The lowest BCUT2D eigenvalue weighted by atomic mass is 9.88. The molecule has 1 amide bonds. The molecule has 4 rings (SSSR count). The van der Waals surface area contributed by atoms with Gasteiger partial charge in [0, 0.05) is 37.6 Å². The van der Waals surface area contributed by atoms with E-state index >= 15 is 0 Å². The number of likely N-dealkylation sites (tertiary alicyclic amines) is 1. The number of nitrogens with one attached hydrogen (secondary N) is 1. The number of sulfonamides is 1. The van der Waals surface area contributed by atoms with Crippen LogP contribution in [0, 0.1) is 13.8 Å². The van der Waals surface area contributed by atoms with Gasteiger partial charge in [0.15, 0.2) is 0 Å². The highest BCUT2D eigenvalue weighted by Gasteiger charge is 2.35. The summed E-state index contributed by atoms with van der Waals surface area (Å²) >= 11 is 0. The molecule has 1 N–H and O–H groups in total. The van der Waals surface area contributed by atoms with E-state index in [4.69, 9.17) is 0 Å². The fourth-order valence-corrected chi connectivity index (χ4v) is 6.47. The number of rotatable bonds is 4. The Balaban J connectivity index is 1.74. The van der Waals surface area contributed by atoms with Gasteiger partial charge in [-0.3, -0.25) is 4.79 Å². The minimum atomic E-state index is -3.86. The number of nitrogens with zero attached hydrogens (tertiary/aromatic N) is 2. The Morgan fingerprint density at radius 3 is 2.48 bits per heavy atom. The van der Waals surface area contributed by atoms with Crippen LogP contribution in [0.2, 0.25) is 0 Å². The minimum absolute atomic E-state index is 0.137. The van der Waals surface area contributed by atoms with Crippen molar-refractivity contribution in [2.75, 3.05) is 13.1 Å². The van der Waals surface area contributed by atoms with E-state index in [-0.39, 0.29) is 16.8 Å². The van der Waals surface area contributed by atoms with Gasteiger partial charge in [0.2, 0.25) is 10.0 Å². The Hall–Kier alpha value is -2.12. The predicted molar refractivity (Wildman–Crippen MR) is 112 cm³/mol. The predicted octanol–water partition coefficient (Wildman–Crippen LogP) is 3.23. The van der Waals surface area contributed by atoms with Crippen LogP contribution in [0.3, 0.4) is 0 Å². The smallest absolute Gasteiger partial charge is 0.257 e. The first kappa shape index (κ1) is 20.2. The highest BCUT2D eigenvalue weighted by atomic mass is 32.2. The summed E-state index contributed by atoms with van der Waals surface area (Å²) in [6.07, 6.45) is 4.61. The van der Waals surface area contributed by atoms with Gasteiger partial charge in [-0.2, -0.15) is 0 Å². The molecule has 29 heavy (non-hydrogen) atoms. The van der Waals surface area contributed by atoms with Gasteiger partial charge < -0.3 is 9.47 Å². The highest BCUT2D eigenvalue weighted by Crippen LogP contribution is 2.33. The van der Waals surface area contributed by atoms with Crippen molar-refractivity contribution in [1.82, 2.24) is 14.2 Å². The van der Waals surface area contributed by atoms with Crippen LogP contribution in [0.15, 0.2) is 29.2 Å². The quantitative estimate of drug-likeness (QED) is 0.833. The molecule has 156 valence electrons. The van der Waals surface area contributed by atoms with E-state index in [1.807, 2.05) is 36.7 Å².